The van der Waals surface area contributed by atoms with Crippen molar-refractivity contribution in [3.8, 4) is 0 Å². The van der Waals surface area contributed by atoms with Gasteiger partial charge in [-0.3, -0.25) is 0 Å². The van der Waals surface area contributed by atoms with Gasteiger partial charge in [0.15, 0.2) is 0 Å². The Hall–Kier alpha value is -2.57. The molecule has 0 unspecified atom stereocenters. The Morgan fingerprint density at radius 3 is 3.05 bits per heavy atom. The molecular formula is C12H13N3O4. The van der Waals surface area contributed by atoms with Crippen LogP contribution >= 0.6 is 0 Å². The lowest BCUT2D eigenvalue weighted by Gasteiger charge is -1.99. The van der Waals surface area contributed by atoms with E-state index < -0.39 is 12.6 Å². The number of H-pyrrole nitrogens is 1. The zero-order chi connectivity index (χ0) is 13.7. The molecule has 7 nitrogen and oxygen atoms in total. The van der Waals surface area contributed by atoms with Gasteiger partial charge in [-0.1, -0.05) is 12.1 Å². The second kappa shape index (κ2) is 5.85. The van der Waals surface area contributed by atoms with Gasteiger partial charge in [0.05, 0.1) is 23.7 Å². The van der Waals surface area contributed by atoms with E-state index in [0.29, 0.717) is 10.5 Å². The number of hydrogen-bond donors (Lipinski definition) is 1. The highest BCUT2D eigenvalue weighted by molar-refractivity contribution is 5.88. The van der Waals surface area contributed by atoms with Gasteiger partial charge in [0, 0.05) is 0 Å². The Morgan fingerprint density at radius 2 is 2.26 bits per heavy atom. The van der Waals surface area contributed by atoms with Crippen LogP contribution in [0.4, 0.5) is 5.69 Å². The minimum atomic E-state index is -0.571. The van der Waals surface area contributed by atoms with Crippen molar-refractivity contribution in [1.29, 1.82) is 0 Å². The zero-order valence-corrected chi connectivity index (χ0v) is 10.3. The third-order valence-electron chi connectivity index (χ3n) is 2.39. The van der Waals surface area contributed by atoms with Gasteiger partial charge < -0.3 is 19.8 Å². The first-order chi connectivity index (χ1) is 9.22. The van der Waals surface area contributed by atoms with Gasteiger partial charge in [0.1, 0.15) is 0 Å². The van der Waals surface area contributed by atoms with E-state index in [-0.39, 0.29) is 6.61 Å². The van der Waals surface area contributed by atoms with E-state index in [4.69, 9.17) is 0 Å². The number of esters is 1. The van der Waals surface area contributed by atoms with Crippen molar-refractivity contribution in [3.05, 3.63) is 35.7 Å². The quantitative estimate of drug-likeness (QED) is 0.387. The number of carbonyl (C=O) groups is 1. The SMILES string of the molecule is CCOC(=O)CO/N=[N+](\[O-])c1c[nH]c2ccccc12. The monoisotopic (exact) mass is 263 g/mol. The number of para-hydroxylation sites is 1. The predicted molar refractivity (Wildman–Crippen MR) is 66.6 cm³/mol. The first kappa shape index (κ1) is 12.9. The lowest BCUT2D eigenvalue weighted by atomic mass is 10.2. The second-order valence-electron chi connectivity index (χ2n) is 3.65. The molecule has 2 rings (SSSR count). The van der Waals surface area contributed by atoms with Crippen LogP contribution in [0.2, 0.25) is 0 Å². The molecule has 2 aromatic rings. The van der Waals surface area contributed by atoms with Crippen molar-refractivity contribution in [2.75, 3.05) is 13.2 Å². The van der Waals surface area contributed by atoms with Crippen molar-refractivity contribution in [1.82, 2.24) is 4.98 Å². The fraction of sp³-hybridized carbons (Fsp3) is 0.250. The zero-order valence-electron chi connectivity index (χ0n) is 10.3. The number of hydrogen-bond acceptors (Lipinski definition) is 5. The summed E-state index contributed by atoms with van der Waals surface area (Å²) in [5.41, 5.74) is 1.14. The van der Waals surface area contributed by atoms with Gasteiger partial charge in [-0.05, 0) is 23.9 Å². The smallest absolute Gasteiger partial charge is 0.347 e. The number of nitrogens with zero attached hydrogens (tertiary/aromatic N) is 2. The minimum absolute atomic E-state index is 0.256. The molecule has 0 aliphatic heterocycles. The Balaban J connectivity index is 2.07. The van der Waals surface area contributed by atoms with Crippen LogP contribution in [0.5, 0.6) is 0 Å². The summed E-state index contributed by atoms with van der Waals surface area (Å²) >= 11 is 0. The van der Waals surface area contributed by atoms with E-state index in [0.717, 1.165) is 10.9 Å². The standard InChI is InChI=1S/C12H13N3O4/c1-2-18-12(16)8-19-14-15(17)11-7-13-10-6-4-3-5-9(10)11/h3-7,13H,2,8H2,1H3/b15-14-. The van der Waals surface area contributed by atoms with E-state index in [9.17, 15) is 10.0 Å². The van der Waals surface area contributed by atoms with Crippen LogP contribution in [0.3, 0.4) is 0 Å². The van der Waals surface area contributed by atoms with Gasteiger partial charge in [-0.2, -0.15) is 0 Å². The van der Waals surface area contributed by atoms with Crippen LogP contribution in [0.15, 0.2) is 35.7 Å². The molecule has 0 radical (unpaired) electrons. The van der Waals surface area contributed by atoms with Gasteiger partial charge in [0.25, 0.3) is 5.69 Å². The summed E-state index contributed by atoms with van der Waals surface area (Å²) in [5, 5.41) is 15.7. The normalized spacial score (nSPS) is 11.5. The Bertz CT molecular complexity index is 606. The second-order valence-corrected chi connectivity index (χ2v) is 3.65. The maximum atomic E-state index is 11.7. The van der Waals surface area contributed by atoms with Gasteiger partial charge in [0.2, 0.25) is 11.9 Å². The average molecular weight is 263 g/mol. The number of nitrogens with one attached hydrogen (secondary N) is 1. The van der Waals surface area contributed by atoms with Crippen molar-refractivity contribution in [2.24, 2.45) is 5.28 Å². The van der Waals surface area contributed by atoms with E-state index in [1.807, 2.05) is 18.2 Å². The fourth-order valence-corrected chi connectivity index (χ4v) is 1.60. The van der Waals surface area contributed by atoms with Gasteiger partial charge in [-0.15, -0.1) is 0 Å². The van der Waals surface area contributed by atoms with Crippen LogP contribution in [0.25, 0.3) is 10.9 Å². The minimum Gasteiger partial charge on any atom is -0.592 e. The summed E-state index contributed by atoms with van der Waals surface area (Å²) in [6.07, 6.45) is 1.52. The highest BCUT2D eigenvalue weighted by Gasteiger charge is 2.12. The van der Waals surface area contributed by atoms with Crippen molar-refractivity contribution in [3.63, 3.8) is 0 Å². The van der Waals surface area contributed by atoms with Gasteiger partial charge in [-0.25, -0.2) is 4.79 Å². The summed E-state index contributed by atoms with van der Waals surface area (Å²) in [6, 6.07) is 7.29. The number of aromatic amines is 1. The third-order valence-corrected chi connectivity index (χ3v) is 2.39. The van der Waals surface area contributed by atoms with E-state index in [1.165, 1.54) is 6.20 Å². The highest BCUT2D eigenvalue weighted by Crippen LogP contribution is 2.24. The number of carbonyl (C=O) groups excluding carboxylic acids is 1. The Morgan fingerprint density at radius 1 is 1.47 bits per heavy atom. The molecule has 1 heterocycles. The molecule has 0 saturated heterocycles. The molecule has 0 spiro atoms. The van der Waals surface area contributed by atoms with Gasteiger partial charge >= 0.3 is 5.97 Å². The fourth-order valence-electron chi connectivity index (χ4n) is 1.60. The van der Waals surface area contributed by atoms with Crippen LogP contribution < -0.4 is 0 Å². The molecule has 0 aliphatic rings. The maximum Gasteiger partial charge on any atom is 0.347 e. The largest absolute Gasteiger partial charge is 0.592 e. The third kappa shape index (κ3) is 3.01. The molecule has 19 heavy (non-hydrogen) atoms. The first-order valence-electron chi connectivity index (χ1n) is 5.74. The summed E-state index contributed by atoms with van der Waals surface area (Å²) in [7, 11) is 0. The predicted octanol–water partition coefficient (Wildman–Crippen LogP) is 2.26. The van der Waals surface area contributed by atoms with Crippen LogP contribution in [0.1, 0.15) is 6.92 Å². The Labute approximate surface area is 109 Å². The molecule has 1 aromatic heterocycles. The van der Waals surface area contributed by atoms with Crippen molar-refractivity contribution in [2.45, 2.75) is 6.92 Å². The molecule has 0 saturated carbocycles. The number of ether oxygens (including phenoxy) is 1. The topological polar surface area (TPSA) is 89.8 Å². The molecular weight excluding hydrogens is 250 g/mol. The first-order valence-corrected chi connectivity index (χ1v) is 5.74. The Kier molecular flexibility index (Phi) is 3.97. The highest BCUT2D eigenvalue weighted by atomic mass is 16.7. The molecule has 0 bridgehead atoms. The maximum absolute atomic E-state index is 11.7. The molecule has 0 amide bonds. The molecule has 0 fully saturated rings. The summed E-state index contributed by atoms with van der Waals surface area (Å²) in [6.45, 7) is 1.54. The van der Waals surface area contributed by atoms with Crippen LogP contribution in [0, 0.1) is 5.21 Å². The van der Waals surface area contributed by atoms with Crippen LogP contribution in [-0.2, 0) is 14.4 Å². The van der Waals surface area contributed by atoms with E-state index in [2.05, 4.69) is 19.8 Å². The number of benzene rings is 1. The molecule has 7 heteroatoms. The van der Waals surface area contributed by atoms with Crippen molar-refractivity contribution >= 4 is 22.6 Å². The number of rotatable bonds is 5. The molecule has 100 valence electrons. The lowest BCUT2D eigenvalue weighted by molar-refractivity contribution is -0.476. The number of fused-ring (bicyclic) bond motifs is 1. The number of aromatic nitrogens is 1. The van der Waals surface area contributed by atoms with E-state index in [1.54, 1.807) is 13.0 Å². The molecule has 0 atom stereocenters. The summed E-state index contributed by atoms with van der Waals surface area (Å²) < 4.78 is 4.63. The van der Waals surface area contributed by atoms with Crippen LogP contribution in [-0.4, -0.2) is 29.0 Å². The molecule has 1 aromatic carbocycles. The molecule has 0 aliphatic carbocycles. The lowest BCUT2D eigenvalue weighted by Crippen LogP contribution is -2.11. The summed E-state index contributed by atoms with van der Waals surface area (Å²) in [4.78, 5) is 18.9. The van der Waals surface area contributed by atoms with E-state index >= 15 is 0 Å². The average Bonchev–Trinajstić information content (AvgIpc) is 2.82. The summed E-state index contributed by atoms with van der Waals surface area (Å²) in [5.74, 6) is -0.571. The molecule has 1 N–H and O–H groups in total. The van der Waals surface area contributed by atoms with Crippen molar-refractivity contribution < 1.29 is 19.2 Å².